The third-order valence-electron chi connectivity index (χ3n) is 5.83. The first-order valence-corrected chi connectivity index (χ1v) is 8.20. The maximum Gasteiger partial charge on any atom is 0.120 e. The van der Waals surface area contributed by atoms with Crippen LogP contribution in [0.4, 0.5) is 0 Å². The summed E-state index contributed by atoms with van der Waals surface area (Å²) in [5, 5.41) is 13.8. The number of hydrogen-bond donors (Lipinski definition) is 2. The van der Waals surface area contributed by atoms with E-state index in [9.17, 15) is 5.11 Å². The van der Waals surface area contributed by atoms with Gasteiger partial charge in [-0.3, -0.25) is 4.90 Å². The van der Waals surface area contributed by atoms with E-state index in [2.05, 4.69) is 44.1 Å². The summed E-state index contributed by atoms with van der Waals surface area (Å²) in [4.78, 5) is 2.58. The highest BCUT2D eigenvalue weighted by Gasteiger charge is 2.38. The minimum Gasteiger partial charge on any atom is -0.508 e. The second-order valence-corrected chi connectivity index (χ2v) is 7.23. The van der Waals surface area contributed by atoms with Crippen LogP contribution in [0.5, 0.6) is 5.75 Å². The molecule has 1 aromatic carbocycles. The Balaban J connectivity index is 1.86. The van der Waals surface area contributed by atoms with Crippen LogP contribution < -0.4 is 5.32 Å². The molecule has 2 atom stereocenters. The van der Waals surface area contributed by atoms with E-state index in [1.54, 1.807) is 0 Å². The van der Waals surface area contributed by atoms with Crippen molar-refractivity contribution in [3.05, 3.63) is 28.8 Å². The molecule has 2 unspecified atom stereocenters. The van der Waals surface area contributed by atoms with Gasteiger partial charge in [0.05, 0.1) is 0 Å². The third kappa shape index (κ3) is 2.47. The minimum absolute atomic E-state index is 0.276. The van der Waals surface area contributed by atoms with Crippen molar-refractivity contribution in [3.8, 4) is 5.75 Å². The molecule has 0 saturated carbocycles. The highest BCUT2D eigenvalue weighted by atomic mass is 16.3. The predicted octanol–water partition coefficient (Wildman–Crippen LogP) is 3.32. The number of piperidine rings is 1. The summed E-state index contributed by atoms with van der Waals surface area (Å²) in [6, 6.07) is 4.33. The topological polar surface area (TPSA) is 35.5 Å². The van der Waals surface area contributed by atoms with Crippen molar-refractivity contribution in [3.63, 3.8) is 0 Å². The lowest BCUT2D eigenvalue weighted by atomic mass is 9.88. The van der Waals surface area contributed by atoms with Crippen LogP contribution in [0.2, 0.25) is 0 Å². The molecule has 1 heterocycles. The zero-order valence-corrected chi connectivity index (χ0v) is 13.7. The first-order valence-electron chi connectivity index (χ1n) is 8.20. The second-order valence-electron chi connectivity index (χ2n) is 7.23. The number of aromatic hydroxyl groups is 1. The van der Waals surface area contributed by atoms with Gasteiger partial charge < -0.3 is 10.4 Å². The Hall–Kier alpha value is -1.06. The molecule has 116 valence electrons. The Kier molecular flexibility index (Phi) is 3.74. The van der Waals surface area contributed by atoms with Gasteiger partial charge in [-0.1, -0.05) is 13.0 Å². The van der Waals surface area contributed by atoms with Crippen LogP contribution in [0, 0.1) is 6.92 Å². The largest absolute Gasteiger partial charge is 0.508 e. The number of benzene rings is 1. The summed E-state index contributed by atoms with van der Waals surface area (Å²) in [7, 11) is 2.07. The van der Waals surface area contributed by atoms with Crippen molar-refractivity contribution in [2.75, 3.05) is 20.1 Å². The van der Waals surface area contributed by atoms with Crippen molar-refractivity contribution in [1.29, 1.82) is 0 Å². The summed E-state index contributed by atoms with van der Waals surface area (Å²) in [6.45, 7) is 9.01. The highest BCUT2D eigenvalue weighted by molar-refractivity contribution is 5.51. The number of nitrogens with zero attached hydrogens (tertiary/aromatic N) is 1. The molecule has 1 aliphatic carbocycles. The van der Waals surface area contributed by atoms with E-state index < -0.39 is 0 Å². The lowest BCUT2D eigenvalue weighted by molar-refractivity contribution is 0.107. The first-order chi connectivity index (χ1) is 9.95. The summed E-state index contributed by atoms with van der Waals surface area (Å²) in [5.41, 5.74) is 4.20. The lowest BCUT2D eigenvalue weighted by Crippen LogP contribution is -2.50. The van der Waals surface area contributed by atoms with Gasteiger partial charge in [0.2, 0.25) is 0 Å². The van der Waals surface area contributed by atoms with Gasteiger partial charge in [0.1, 0.15) is 5.75 Å². The fraction of sp³-hybridized carbons (Fsp3) is 0.667. The summed E-state index contributed by atoms with van der Waals surface area (Å²) in [5.74, 6) is 1.04. The molecule has 0 radical (unpaired) electrons. The maximum atomic E-state index is 10.4. The Morgan fingerprint density at radius 2 is 1.90 bits per heavy atom. The molecule has 3 nitrogen and oxygen atoms in total. The number of rotatable bonds is 2. The second kappa shape index (κ2) is 5.29. The van der Waals surface area contributed by atoms with Gasteiger partial charge in [-0.05, 0) is 63.3 Å². The smallest absolute Gasteiger partial charge is 0.120 e. The molecule has 1 aliphatic heterocycles. The molecule has 3 rings (SSSR count). The Morgan fingerprint density at radius 3 is 2.52 bits per heavy atom. The number of hydrogen-bond acceptors (Lipinski definition) is 3. The van der Waals surface area contributed by atoms with Crippen LogP contribution in [0.15, 0.2) is 12.1 Å². The van der Waals surface area contributed by atoms with Crippen LogP contribution in [0.25, 0.3) is 0 Å². The van der Waals surface area contributed by atoms with Crippen LogP contribution in [0.3, 0.4) is 0 Å². The zero-order chi connectivity index (χ0) is 15.2. The number of phenolic OH excluding ortho intramolecular Hbond substituents is 1. The van der Waals surface area contributed by atoms with E-state index in [-0.39, 0.29) is 5.54 Å². The zero-order valence-electron chi connectivity index (χ0n) is 13.7. The van der Waals surface area contributed by atoms with Gasteiger partial charge in [0, 0.05) is 30.2 Å². The van der Waals surface area contributed by atoms with Crippen molar-refractivity contribution in [2.24, 2.45) is 0 Å². The van der Waals surface area contributed by atoms with Crippen LogP contribution in [-0.4, -0.2) is 35.7 Å². The average Bonchev–Trinajstić information content (AvgIpc) is 2.83. The molecule has 0 bridgehead atoms. The molecule has 0 spiro atoms. The first kappa shape index (κ1) is 14.9. The van der Waals surface area contributed by atoms with Crippen molar-refractivity contribution in [2.45, 2.75) is 57.5 Å². The highest BCUT2D eigenvalue weighted by Crippen LogP contribution is 2.49. The number of phenols is 1. The van der Waals surface area contributed by atoms with E-state index in [0.29, 0.717) is 17.7 Å². The Bertz CT molecular complexity index is 532. The number of nitrogens with one attached hydrogen (secondary N) is 1. The van der Waals surface area contributed by atoms with Gasteiger partial charge in [0.25, 0.3) is 0 Å². The van der Waals surface area contributed by atoms with Crippen molar-refractivity contribution < 1.29 is 5.11 Å². The standard InChI is InChI=1S/C18H28N2O/c1-12-5-6-15(21)17-14(11-13(2)16(12)17)20-9-7-18(3,19-4)8-10-20/h5-6,13-14,19,21H,7-11H2,1-4H3. The molecule has 2 aliphatic rings. The van der Waals surface area contributed by atoms with E-state index in [0.717, 1.165) is 19.5 Å². The van der Waals surface area contributed by atoms with Crippen LogP contribution >= 0.6 is 0 Å². The third-order valence-corrected chi connectivity index (χ3v) is 5.83. The minimum atomic E-state index is 0.276. The molecule has 21 heavy (non-hydrogen) atoms. The Morgan fingerprint density at radius 1 is 1.24 bits per heavy atom. The van der Waals surface area contributed by atoms with Crippen molar-refractivity contribution in [1.82, 2.24) is 10.2 Å². The number of likely N-dealkylation sites (tertiary alicyclic amines) is 1. The summed E-state index contributed by atoms with van der Waals surface area (Å²) in [6.07, 6.45) is 3.50. The molecule has 0 aromatic heterocycles. The predicted molar refractivity (Wildman–Crippen MR) is 86.9 cm³/mol. The molecule has 3 heteroatoms. The van der Waals surface area contributed by atoms with Gasteiger partial charge in [-0.2, -0.15) is 0 Å². The normalized spacial score (nSPS) is 28.6. The fourth-order valence-corrected chi connectivity index (χ4v) is 4.22. The van der Waals surface area contributed by atoms with Crippen LogP contribution in [-0.2, 0) is 0 Å². The van der Waals surface area contributed by atoms with E-state index in [4.69, 9.17) is 0 Å². The van der Waals surface area contributed by atoms with Gasteiger partial charge in [-0.25, -0.2) is 0 Å². The Labute approximate surface area is 128 Å². The number of fused-ring (bicyclic) bond motifs is 1. The van der Waals surface area contributed by atoms with Gasteiger partial charge in [0.15, 0.2) is 0 Å². The molecule has 1 fully saturated rings. The van der Waals surface area contributed by atoms with Crippen molar-refractivity contribution >= 4 is 0 Å². The molecular formula is C18H28N2O. The van der Waals surface area contributed by atoms with Gasteiger partial charge >= 0.3 is 0 Å². The molecule has 2 N–H and O–H groups in total. The summed E-state index contributed by atoms with van der Waals surface area (Å²) >= 11 is 0. The van der Waals surface area contributed by atoms with Crippen LogP contribution in [0.1, 0.15) is 61.8 Å². The number of aryl methyl sites for hydroxylation is 1. The molecule has 0 amide bonds. The lowest BCUT2D eigenvalue weighted by Gasteiger charge is -2.42. The molecule has 1 aromatic rings. The van der Waals surface area contributed by atoms with Gasteiger partial charge in [-0.15, -0.1) is 0 Å². The quantitative estimate of drug-likeness (QED) is 0.876. The molecule has 1 saturated heterocycles. The van der Waals surface area contributed by atoms with E-state index in [1.807, 2.05) is 6.07 Å². The van der Waals surface area contributed by atoms with E-state index in [1.165, 1.54) is 29.5 Å². The maximum absolute atomic E-state index is 10.4. The molecular weight excluding hydrogens is 260 g/mol. The summed E-state index contributed by atoms with van der Waals surface area (Å²) < 4.78 is 0. The van der Waals surface area contributed by atoms with E-state index >= 15 is 0 Å². The monoisotopic (exact) mass is 288 g/mol. The SMILES string of the molecule is CNC1(C)CCN(C2CC(C)c3c(C)ccc(O)c32)CC1. The fourth-order valence-electron chi connectivity index (χ4n) is 4.22. The average molecular weight is 288 g/mol.